The van der Waals surface area contributed by atoms with Crippen LogP contribution in [0.4, 0.5) is 0 Å². The highest BCUT2D eigenvalue weighted by molar-refractivity contribution is 9.11. The number of rotatable bonds is 4. The number of hydrogen-bond acceptors (Lipinski definition) is 3. The van der Waals surface area contributed by atoms with Crippen LogP contribution in [0.3, 0.4) is 0 Å². The monoisotopic (exact) mass is 246 g/mol. The molecule has 0 aromatic rings. The van der Waals surface area contributed by atoms with E-state index >= 15 is 0 Å². The Labute approximate surface area is 85.5 Å². The Morgan fingerprint density at radius 3 is 2.46 bits per heavy atom. The van der Waals surface area contributed by atoms with Gasteiger partial charge in [0.1, 0.15) is 11.3 Å². The molecule has 0 radical (unpaired) electrons. The minimum absolute atomic E-state index is 0.00345. The van der Waals surface area contributed by atoms with Gasteiger partial charge in [0, 0.05) is 4.48 Å². The summed E-state index contributed by atoms with van der Waals surface area (Å²) in [4.78, 5) is 11.1. The predicted molar refractivity (Wildman–Crippen MR) is 54.6 cm³/mol. The SMILES string of the molecule is C=C(Br)/C=C(\C(=C)O)C(=O)OCC. The zero-order valence-corrected chi connectivity index (χ0v) is 8.93. The van der Waals surface area contributed by atoms with Crippen LogP contribution in [0, 0.1) is 0 Å². The molecule has 4 heteroatoms. The van der Waals surface area contributed by atoms with Gasteiger partial charge in [0.2, 0.25) is 0 Å². The molecule has 0 aliphatic carbocycles. The van der Waals surface area contributed by atoms with Crippen molar-refractivity contribution in [2.45, 2.75) is 6.92 Å². The van der Waals surface area contributed by atoms with Gasteiger partial charge in [0.15, 0.2) is 0 Å². The van der Waals surface area contributed by atoms with Crippen LogP contribution in [0.1, 0.15) is 6.92 Å². The Morgan fingerprint density at radius 1 is 1.62 bits per heavy atom. The first-order valence-electron chi connectivity index (χ1n) is 3.60. The Morgan fingerprint density at radius 2 is 2.15 bits per heavy atom. The van der Waals surface area contributed by atoms with E-state index in [2.05, 4.69) is 33.8 Å². The summed E-state index contributed by atoms with van der Waals surface area (Å²) in [6.07, 6.45) is 1.35. The Balaban J connectivity index is 4.71. The lowest BCUT2D eigenvalue weighted by atomic mass is 10.2. The molecule has 0 aliphatic rings. The molecule has 3 nitrogen and oxygen atoms in total. The van der Waals surface area contributed by atoms with Crippen LogP contribution in [-0.4, -0.2) is 17.7 Å². The molecule has 0 saturated heterocycles. The van der Waals surface area contributed by atoms with E-state index in [1.165, 1.54) is 6.08 Å². The van der Waals surface area contributed by atoms with Crippen molar-refractivity contribution in [2.75, 3.05) is 6.61 Å². The lowest BCUT2D eigenvalue weighted by Crippen LogP contribution is -2.09. The molecule has 0 aromatic heterocycles. The first-order valence-corrected chi connectivity index (χ1v) is 4.39. The van der Waals surface area contributed by atoms with E-state index in [-0.39, 0.29) is 17.9 Å². The molecule has 0 unspecified atom stereocenters. The summed E-state index contributed by atoms with van der Waals surface area (Å²) in [6.45, 7) is 8.66. The van der Waals surface area contributed by atoms with Crippen LogP contribution in [0.2, 0.25) is 0 Å². The Bertz CT molecular complexity index is 266. The number of halogens is 1. The molecule has 0 bridgehead atoms. The Hall–Kier alpha value is -1.03. The second-order valence-electron chi connectivity index (χ2n) is 2.17. The van der Waals surface area contributed by atoms with Crippen LogP contribution in [-0.2, 0) is 9.53 Å². The molecule has 1 N–H and O–H groups in total. The van der Waals surface area contributed by atoms with Gasteiger partial charge in [-0.25, -0.2) is 4.79 Å². The van der Waals surface area contributed by atoms with Crippen molar-refractivity contribution < 1.29 is 14.6 Å². The van der Waals surface area contributed by atoms with Gasteiger partial charge in [0.05, 0.1) is 6.61 Å². The fourth-order valence-electron chi connectivity index (χ4n) is 0.626. The molecule has 0 aromatic carbocycles. The van der Waals surface area contributed by atoms with Crippen molar-refractivity contribution >= 4 is 21.9 Å². The Kier molecular flexibility index (Phi) is 5.14. The van der Waals surface area contributed by atoms with Gasteiger partial charge in [-0.05, 0) is 13.0 Å². The van der Waals surface area contributed by atoms with E-state index in [0.717, 1.165) is 0 Å². The van der Waals surface area contributed by atoms with Gasteiger partial charge < -0.3 is 9.84 Å². The maximum atomic E-state index is 11.1. The van der Waals surface area contributed by atoms with Crippen molar-refractivity contribution in [3.05, 3.63) is 35.0 Å². The van der Waals surface area contributed by atoms with Crippen LogP contribution < -0.4 is 0 Å². The van der Waals surface area contributed by atoms with Crippen molar-refractivity contribution in [2.24, 2.45) is 0 Å². The van der Waals surface area contributed by atoms with E-state index in [4.69, 9.17) is 5.11 Å². The highest BCUT2D eigenvalue weighted by atomic mass is 79.9. The summed E-state index contributed by atoms with van der Waals surface area (Å²) in [5.74, 6) is -0.949. The minimum atomic E-state index is -0.615. The van der Waals surface area contributed by atoms with Crippen LogP contribution >= 0.6 is 15.9 Å². The summed E-state index contributed by atoms with van der Waals surface area (Å²) < 4.78 is 5.14. The normalized spacial score (nSPS) is 10.8. The van der Waals surface area contributed by atoms with Crippen molar-refractivity contribution in [3.63, 3.8) is 0 Å². The van der Waals surface area contributed by atoms with E-state index in [0.29, 0.717) is 4.48 Å². The lowest BCUT2D eigenvalue weighted by molar-refractivity contribution is -0.138. The minimum Gasteiger partial charge on any atom is -0.508 e. The first kappa shape index (κ1) is 12.0. The molecule has 0 fully saturated rings. The summed E-state index contributed by atoms with van der Waals surface area (Å²) in [7, 11) is 0. The fraction of sp³-hybridized carbons (Fsp3) is 0.222. The predicted octanol–water partition coefficient (Wildman–Crippen LogP) is 2.46. The maximum absolute atomic E-state index is 11.1. The largest absolute Gasteiger partial charge is 0.508 e. The second kappa shape index (κ2) is 5.59. The molecule has 0 heterocycles. The number of aliphatic hydroxyl groups is 1. The van der Waals surface area contributed by atoms with Gasteiger partial charge in [0.25, 0.3) is 0 Å². The summed E-state index contributed by atoms with van der Waals surface area (Å²) in [6, 6.07) is 0. The molecule has 13 heavy (non-hydrogen) atoms. The van der Waals surface area contributed by atoms with Crippen molar-refractivity contribution in [3.8, 4) is 0 Å². The third-order valence-corrected chi connectivity index (χ3v) is 1.34. The zero-order chi connectivity index (χ0) is 10.4. The standard InChI is InChI=1S/C9H11BrO3/c1-4-13-9(12)8(7(3)11)5-6(2)10/h5,11H,2-4H2,1H3/b8-5+. The quantitative estimate of drug-likeness (QED) is 0.359. The third-order valence-electron chi connectivity index (χ3n) is 1.11. The molecule has 72 valence electrons. The van der Waals surface area contributed by atoms with Gasteiger partial charge in [-0.1, -0.05) is 29.1 Å². The molecule has 0 spiro atoms. The highest BCUT2D eigenvalue weighted by Gasteiger charge is 2.13. The summed E-state index contributed by atoms with van der Waals surface area (Å²) >= 11 is 3.03. The molecule has 0 atom stereocenters. The maximum Gasteiger partial charge on any atom is 0.341 e. The second-order valence-corrected chi connectivity index (χ2v) is 3.19. The van der Waals surface area contributed by atoms with Crippen LogP contribution in [0.25, 0.3) is 0 Å². The molecular formula is C9H11BrO3. The summed E-state index contributed by atoms with van der Waals surface area (Å²) in [5.41, 5.74) is 0.00345. The first-order chi connectivity index (χ1) is 5.99. The number of hydrogen-bond donors (Lipinski definition) is 1. The van der Waals surface area contributed by atoms with E-state index in [1.54, 1.807) is 6.92 Å². The number of aliphatic hydroxyl groups excluding tert-OH is 1. The van der Waals surface area contributed by atoms with Gasteiger partial charge >= 0.3 is 5.97 Å². The van der Waals surface area contributed by atoms with Gasteiger partial charge in [-0.15, -0.1) is 0 Å². The number of esters is 1. The third kappa shape index (κ3) is 4.52. The summed E-state index contributed by atoms with van der Waals surface area (Å²) in [5, 5.41) is 9.03. The average Bonchev–Trinajstić information content (AvgIpc) is 1.99. The van der Waals surface area contributed by atoms with Crippen LogP contribution in [0.15, 0.2) is 35.0 Å². The van der Waals surface area contributed by atoms with Gasteiger partial charge in [-0.3, -0.25) is 0 Å². The topological polar surface area (TPSA) is 46.5 Å². The van der Waals surface area contributed by atoms with Gasteiger partial charge in [-0.2, -0.15) is 0 Å². The highest BCUT2D eigenvalue weighted by Crippen LogP contribution is 2.13. The van der Waals surface area contributed by atoms with Crippen molar-refractivity contribution in [1.29, 1.82) is 0 Å². The van der Waals surface area contributed by atoms with E-state index in [1.807, 2.05) is 0 Å². The number of carbonyl (C=O) groups excluding carboxylic acids is 1. The molecule has 0 saturated carbocycles. The molecule has 0 aliphatic heterocycles. The number of allylic oxidation sites excluding steroid dienone is 2. The van der Waals surface area contributed by atoms with E-state index < -0.39 is 5.97 Å². The smallest absolute Gasteiger partial charge is 0.341 e. The average molecular weight is 247 g/mol. The fourth-order valence-corrected chi connectivity index (χ4v) is 0.854. The molecular weight excluding hydrogens is 236 g/mol. The molecule has 0 rings (SSSR count). The van der Waals surface area contributed by atoms with Crippen LogP contribution in [0.5, 0.6) is 0 Å². The number of carbonyl (C=O) groups is 1. The van der Waals surface area contributed by atoms with E-state index in [9.17, 15) is 4.79 Å². The lowest BCUT2D eigenvalue weighted by Gasteiger charge is -2.04. The van der Waals surface area contributed by atoms with Crippen molar-refractivity contribution in [1.82, 2.24) is 0 Å². The number of ether oxygens (including phenoxy) is 1. The molecule has 0 amide bonds. The zero-order valence-electron chi connectivity index (χ0n) is 7.34.